The Morgan fingerprint density at radius 1 is 1.16 bits per heavy atom. The van der Waals surface area contributed by atoms with Crippen LogP contribution >= 0.6 is 0 Å². The minimum absolute atomic E-state index is 0.0162. The smallest absolute Gasteiger partial charge is 0.231 e. The minimum atomic E-state index is -0.0162. The molecular weight excluding hydrogens is 396 g/mol. The van der Waals surface area contributed by atoms with Gasteiger partial charge in [0.1, 0.15) is 11.5 Å². The predicted octanol–water partition coefficient (Wildman–Crippen LogP) is 3.65. The van der Waals surface area contributed by atoms with Gasteiger partial charge < -0.3 is 19.5 Å². The Labute approximate surface area is 178 Å². The minimum Gasteiger partial charge on any atom is -0.481 e. The monoisotopic (exact) mass is 418 g/mol. The second kappa shape index (κ2) is 8.05. The first-order valence-corrected chi connectivity index (χ1v) is 10.1. The molecule has 0 aromatic carbocycles. The van der Waals surface area contributed by atoms with Gasteiger partial charge in [-0.3, -0.25) is 10.1 Å². The van der Waals surface area contributed by atoms with Gasteiger partial charge in [0.2, 0.25) is 11.8 Å². The van der Waals surface area contributed by atoms with E-state index in [9.17, 15) is 0 Å². The molecule has 0 radical (unpaired) electrons. The lowest BCUT2D eigenvalue weighted by Crippen LogP contribution is -2.24. The number of nitrogens with one attached hydrogen (secondary N) is 2. The standard InChI is InChI=1S/C21H22N8O2/c1-13-10-19(27-26-13)23-18-12-20(30-2)25-21(24-18)29-9-5-7-16(29)17-11-15(28-31-17)14-6-3-4-8-22-14/h3-4,6,8,10-12,16H,5,7,9H2,1-2H3,(H2,23,24,25,26,27)/t16-/m0/s1. The van der Waals surface area contributed by atoms with Crippen molar-refractivity contribution in [3.63, 3.8) is 0 Å². The molecule has 31 heavy (non-hydrogen) atoms. The highest BCUT2D eigenvalue weighted by Crippen LogP contribution is 2.37. The van der Waals surface area contributed by atoms with E-state index in [0.29, 0.717) is 29.2 Å². The van der Waals surface area contributed by atoms with E-state index in [2.05, 4.69) is 35.5 Å². The molecule has 0 aliphatic carbocycles. The molecule has 2 N–H and O–H groups in total. The number of rotatable bonds is 6. The zero-order chi connectivity index (χ0) is 21.2. The van der Waals surface area contributed by atoms with E-state index < -0.39 is 0 Å². The molecule has 1 saturated heterocycles. The van der Waals surface area contributed by atoms with Gasteiger partial charge in [-0.1, -0.05) is 11.2 Å². The maximum Gasteiger partial charge on any atom is 0.231 e. The van der Waals surface area contributed by atoms with Crippen LogP contribution in [0.25, 0.3) is 11.4 Å². The molecule has 0 amide bonds. The van der Waals surface area contributed by atoms with Crippen LogP contribution in [0.2, 0.25) is 0 Å². The molecule has 1 aliphatic rings. The molecule has 5 rings (SSSR count). The molecule has 5 heterocycles. The largest absolute Gasteiger partial charge is 0.481 e. The highest BCUT2D eigenvalue weighted by atomic mass is 16.5. The summed E-state index contributed by atoms with van der Waals surface area (Å²) in [5.41, 5.74) is 2.45. The van der Waals surface area contributed by atoms with Gasteiger partial charge in [-0.25, -0.2) is 0 Å². The Balaban J connectivity index is 1.43. The van der Waals surface area contributed by atoms with Crippen LogP contribution in [0.4, 0.5) is 17.6 Å². The summed E-state index contributed by atoms with van der Waals surface area (Å²) in [5, 5.41) is 14.5. The average molecular weight is 418 g/mol. The summed E-state index contributed by atoms with van der Waals surface area (Å²) < 4.78 is 11.1. The van der Waals surface area contributed by atoms with Crippen molar-refractivity contribution in [2.75, 3.05) is 23.9 Å². The van der Waals surface area contributed by atoms with E-state index in [1.54, 1.807) is 19.4 Å². The van der Waals surface area contributed by atoms with Gasteiger partial charge in [0.25, 0.3) is 0 Å². The maximum atomic E-state index is 5.69. The summed E-state index contributed by atoms with van der Waals surface area (Å²) in [5.74, 6) is 3.08. The van der Waals surface area contributed by atoms with Crippen molar-refractivity contribution < 1.29 is 9.26 Å². The summed E-state index contributed by atoms with van der Waals surface area (Å²) in [6.45, 7) is 2.74. The molecule has 1 aliphatic heterocycles. The van der Waals surface area contributed by atoms with Crippen molar-refractivity contribution in [2.24, 2.45) is 0 Å². The fourth-order valence-electron chi connectivity index (χ4n) is 3.71. The van der Waals surface area contributed by atoms with Gasteiger partial charge in [-0.2, -0.15) is 15.1 Å². The number of pyridine rings is 1. The Bertz CT molecular complexity index is 1170. The Hall–Kier alpha value is -3.95. The lowest BCUT2D eigenvalue weighted by Gasteiger charge is -2.23. The summed E-state index contributed by atoms with van der Waals surface area (Å²) in [4.78, 5) is 15.7. The summed E-state index contributed by atoms with van der Waals surface area (Å²) in [6.07, 6.45) is 3.65. The van der Waals surface area contributed by atoms with Gasteiger partial charge in [0.05, 0.1) is 18.8 Å². The third-order valence-corrected chi connectivity index (χ3v) is 5.16. The molecule has 0 spiro atoms. The Morgan fingerprint density at radius 2 is 2.10 bits per heavy atom. The van der Waals surface area contributed by atoms with Gasteiger partial charge in [0.15, 0.2) is 11.6 Å². The first-order chi connectivity index (χ1) is 15.2. The summed E-state index contributed by atoms with van der Waals surface area (Å²) in [6, 6.07) is 11.3. The van der Waals surface area contributed by atoms with Gasteiger partial charge in [-0.15, -0.1) is 0 Å². The van der Waals surface area contributed by atoms with Crippen molar-refractivity contribution in [1.29, 1.82) is 0 Å². The second-order valence-corrected chi connectivity index (χ2v) is 7.34. The van der Waals surface area contributed by atoms with Crippen LogP contribution in [0.3, 0.4) is 0 Å². The second-order valence-electron chi connectivity index (χ2n) is 7.34. The molecule has 0 bridgehead atoms. The first-order valence-electron chi connectivity index (χ1n) is 10.1. The number of aryl methyl sites for hydroxylation is 1. The maximum absolute atomic E-state index is 5.69. The molecule has 0 saturated carbocycles. The SMILES string of the molecule is COc1cc(Nc2cc(C)[nH]n2)nc(N2CCC[C@H]2c2cc(-c3ccccn3)no2)n1. The number of aromatic nitrogens is 6. The number of hydrogen-bond acceptors (Lipinski definition) is 9. The van der Waals surface area contributed by atoms with Crippen LogP contribution in [0, 0.1) is 6.92 Å². The van der Waals surface area contributed by atoms with E-state index in [0.717, 1.165) is 36.5 Å². The Morgan fingerprint density at radius 3 is 2.87 bits per heavy atom. The molecule has 1 atom stereocenters. The fraction of sp³-hybridized carbons (Fsp3) is 0.286. The quantitative estimate of drug-likeness (QED) is 0.483. The van der Waals surface area contributed by atoms with E-state index >= 15 is 0 Å². The van der Waals surface area contributed by atoms with E-state index in [-0.39, 0.29) is 6.04 Å². The molecule has 0 unspecified atom stereocenters. The van der Waals surface area contributed by atoms with Crippen LogP contribution in [0.1, 0.15) is 30.3 Å². The zero-order valence-corrected chi connectivity index (χ0v) is 17.2. The van der Waals surface area contributed by atoms with Crippen molar-refractivity contribution in [1.82, 2.24) is 30.3 Å². The third kappa shape index (κ3) is 3.91. The van der Waals surface area contributed by atoms with Crippen LogP contribution in [-0.4, -0.2) is 44.0 Å². The molecular formula is C21H22N8O2. The number of nitrogens with zero attached hydrogens (tertiary/aromatic N) is 6. The highest BCUT2D eigenvalue weighted by molar-refractivity contribution is 5.57. The zero-order valence-electron chi connectivity index (χ0n) is 17.2. The molecule has 4 aromatic heterocycles. The number of aromatic amines is 1. The van der Waals surface area contributed by atoms with Crippen LogP contribution in [0.5, 0.6) is 5.88 Å². The van der Waals surface area contributed by atoms with Crippen LogP contribution < -0.4 is 15.0 Å². The van der Waals surface area contributed by atoms with Crippen molar-refractivity contribution in [2.45, 2.75) is 25.8 Å². The van der Waals surface area contributed by atoms with Gasteiger partial charge in [-0.05, 0) is 31.9 Å². The van der Waals surface area contributed by atoms with Crippen molar-refractivity contribution in [3.8, 4) is 17.3 Å². The van der Waals surface area contributed by atoms with E-state index in [4.69, 9.17) is 14.2 Å². The first kappa shape index (κ1) is 19.0. The molecule has 158 valence electrons. The molecule has 4 aromatic rings. The number of methoxy groups -OCH3 is 1. The summed E-state index contributed by atoms with van der Waals surface area (Å²) >= 11 is 0. The van der Waals surface area contributed by atoms with Crippen molar-refractivity contribution >= 4 is 17.6 Å². The van der Waals surface area contributed by atoms with E-state index in [1.807, 2.05) is 37.3 Å². The molecule has 10 nitrogen and oxygen atoms in total. The number of hydrogen-bond donors (Lipinski definition) is 2. The topological polar surface area (TPSA) is 118 Å². The highest BCUT2D eigenvalue weighted by Gasteiger charge is 2.32. The fourth-order valence-corrected chi connectivity index (χ4v) is 3.71. The number of H-pyrrole nitrogens is 1. The lowest BCUT2D eigenvalue weighted by molar-refractivity contribution is 0.361. The van der Waals surface area contributed by atoms with Crippen molar-refractivity contribution in [3.05, 3.63) is 54.0 Å². The number of ether oxygens (including phenoxy) is 1. The van der Waals surface area contributed by atoms with E-state index in [1.165, 1.54) is 0 Å². The summed E-state index contributed by atoms with van der Waals surface area (Å²) in [7, 11) is 1.59. The molecule has 1 fully saturated rings. The lowest BCUT2D eigenvalue weighted by atomic mass is 10.1. The average Bonchev–Trinajstić information content (AvgIpc) is 3.55. The molecule has 10 heteroatoms. The normalized spacial score (nSPS) is 15.9. The third-order valence-electron chi connectivity index (χ3n) is 5.16. The van der Waals surface area contributed by atoms with Crippen LogP contribution in [-0.2, 0) is 0 Å². The van der Waals surface area contributed by atoms with Gasteiger partial charge in [0, 0.05) is 36.6 Å². The van der Waals surface area contributed by atoms with Crippen LogP contribution in [0.15, 0.2) is 47.1 Å². The van der Waals surface area contributed by atoms with Gasteiger partial charge >= 0.3 is 0 Å². The Kier molecular flexibility index (Phi) is 4.95. The predicted molar refractivity (Wildman–Crippen MR) is 114 cm³/mol. The number of anilines is 3.